The van der Waals surface area contributed by atoms with Crippen LogP contribution in [0.15, 0.2) is 18.2 Å². The van der Waals surface area contributed by atoms with Crippen molar-refractivity contribution in [2.75, 3.05) is 19.0 Å². The molecule has 5 heteroatoms. The Morgan fingerprint density at radius 1 is 1.55 bits per heavy atom. The summed E-state index contributed by atoms with van der Waals surface area (Å²) in [5, 5.41) is 4.00. The summed E-state index contributed by atoms with van der Waals surface area (Å²) in [6.45, 7) is 2.86. The lowest BCUT2D eigenvalue weighted by Gasteiger charge is -2.30. The SMILES string of the molecule is CCC1CC(Nc2cc(Cl)ccc2C(=O)OC)CCO1. The molecule has 110 valence electrons. The number of rotatable bonds is 4. The molecule has 1 aliphatic rings. The number of hydrogen-bond acceptors (Lipinski definition) is 4. The van der Waals surface area contributed by atoms with E-state index in [1.807, 2.05) is 0 Å². The molecule has 1 aliphatic heterocycles. The molecule has 1 N–H and O–H groups in total. The molecule has 0 amide bonds. The lowest BCUT2D eigenvalue weighted by Crippen LogP contribution is -2.34. The number of nitrogens with one attached hydrogen (secondary N) is 1. The molecule has 2 unspecified atom stereocenters. The quantitative estimate of drug-likeness (QED) is 0.864. The smallest absolute Gasteiger partial charge is 0.339 e. The molecule has 1 fully saturated rings. The fraction of sp³-hybridized carbons (Fsp3) is 0.533. The van der Waals surface area contributed by atoms with Gasteiger partial charge in [0.25, 0.3) is 0 Å². The topological polar surface area (TPSA) is 47.6 Å². The number of hydrogen-bond donors (Lipinski definition) is 1. The van der Waals surface area contributed by atoms with Crippen LogP contribution in [0.4, 0.5) is 5.69 Å². The summed E-state index contributed by atoms with van der Waals surface area (Å²) in [7, 11) is 1.38. The molecule has 1 aromatic rings. The van der Waals surface area contributed by atoms with E-state index in [0.717, 1.165) is 31.6 Å². The van der Waals surface area contributed by atoms with E-state index in [9.17, 15) is 4.79 Å². The van der Waals surface area contributed by atoms with Crippen LogP contribution >= 0.6 is 11.6 Å². The first-order valence-electron chi connectivity index (χ1n) is 6.90. The fourth-order valence-electron chi connectivity index (χ4n) is 2.44. The normalized spacial score (nSPS) is 22.4. The average molecular weight is 298 g/mol. The van der Waals surface area contributed by atoms with E-state index in [1.54, 1.807) is 18.2 Å². The molecule has 1 saturated heterocycles. The third-order valence-corrected chi connectivity index (χ3v) is 3.80. The molecule has 2 rings (SSSR count). The molecule has 0 saturated carbocycles. The van der Waals surface area contributed by atoms with Gasteiger partial charge in [0.2, 0.25) is 0 Å². The molecule has 0 bridgehead atoms. The van der Waals surface area contributed by atoms with E-state index in [1.165, 1.54) is 7.11 Å². The predicted molar refractivity (Wildman–Crippen MR) is 79.5 cm³/mol. The Bertz CT molecular complexity index is 478. The van der Waals surface area contributed by atoms with Gasteiger partial charge in [-0.3, -0.25) is 0 Å². The van der Waals surface area contributed by atoms with Gasteiger partial charge in [-0.05, 0) is 37.5 Å². The van der Waals surface area contributed by atoms with Gasteiger partial charge in [0.05, 0.1) is 24.5 Å². The molecule has 4 nitrogen and oxygen atoms in total. The van der Waals surface area contributed by atoms with Crippen LogP contribution < -0.4 is 5.32 Å². The van der Waals surface area contributed by atoms with E-state index < -0.39 is 0 Å². The van der Waals surface area contributed by atoms with Crippen LogP contribution in [0, 0.1) is 0 Å². The fourth-order valence-corrected chi connectivity index (χ4v) is 2.61. The van der Waals surface area contributed by atoms with Crippen LogP contribution in [-0.2, 0) is 9.47 Å². The lowest BCUT2D eigenvalue weighted by atomic mass is 10.0. The zero-order chi connectivity index (χ0) is 14.5. The highest BCUT2D eigenvalue weighted by Gasteiger charge is 2.23. The second kappa shape index (κ2) is 6.95. The third kappa shape index (κ3) is 3.64. The Morgan fingerprint density at radius 3 is 3.05 bits per heavy atom. The molecule has 0 aliphatic carbocycles. The summed E-state index contributed by atoms with van der Waals surface area (Å²) in [6.07, 6.45) is 3.13. The summed E-state index contributed by atoms with van der Waals surface area (Å²) in [5.41, 5.74) is 1.24. The highest BCUT2D eigenvalue weighted by atomic mass is 35.5. The molecule has 1 aromatic carbocycles. The molecule has 1 heterocycles. The third-order valence-electron chi connectivity index (χ3n) is 3.57. The van der Waals surface area contributed by atoms with Crippen molar-refractivity contribution in [2.24, 2.45) is 0 Å². The second-order valence-electron chi connectivity index (χ2n) is 4.95. The standard InChI is InChI=1S/C15H20ClNO3/c1-3-12-9-11(6-7-20-12)17-14-8-10(16)4-5-13(14)15(18)19-2/h4-5,8,11-12,17H,3,6-7,9H2,1-2H3. The minimum absolute atomic E-state index is 0.280. The van der Waals surface area contributed by atoms with Crippen molar-refractivity contribution in [1.29, 1.82) is 0 Å². The maximum absolute atomic E-state index is 11.8. The first-order valence-corrected chi connectivity index (χ1v) is 7.27. The van der Waals surface area contributed by atoms with Gasteiger partial charge in [-0.2, -0.15) is 0 Å². The number of esters is 1. The molecular weight excluding hydrogens is 278 g/mol. The predicted octanol–water partition coefficient (Wildman–Crippen LogP) is 3.50. The molecule has 0 spiro atoms. The Balaban J connectivity index is 2.15. The van der Waals surface area contributed by atoms with Crippen LogP contribution in [0.2, 0.25) is 5.02 Å². The van der Waals surface area contributed by atoms with Crippen molar-refractivity contribution in [1.82, 2.24) is 0 Å². The van der Waals surface area contributed by atoms with Crippen LogP contribution in [0.25, 0.3) is 0 Å². The number of carbonyl (C=O) groups is 1. The van der Waals surface area contributed by atoms with Gasteiger partial charge in [-0.25, -0.2) is 4.79 Å². The summed E-state index contributed by atoms with van der Waals surface area (Å²) in [4.78, 5) is 11.8. The molecule has 0 aromatic heterocycles. The first kappa shape index (κ1) is 15.1. The van der Waals surface area contributed by atoms with Crippen molar-refractivity contribution in [3.05, 3.63) is 28.8 Å². The second-order valence-corrected chi connectivity index (χ2v) is 5.38. The van der Waals surface area contributed by atoms with E-state index in [4.69, 9.17) is 21.1 Å². The summed E-state index contributed by atoms with van der Waals surface area (Å²) in [5.74, 6) is -0.358. The number of anilines is 1. The molecule has 0 radical (unpaired) electrons. The van der Waals surface area contributed by atoms with Crippen molar-refractivity contribution < 1.29 is 14.3 Å². The van der Waals surface area contributed by atoms with E-state index in [2.05, 4.69) is 12.2 Å². The van der Waals surface area contributed by atoms with Crippen molar-refractivity contribution in [3.63, 3.8) is 0 Å². The van der Waals surface area contributed by atoms with E-state index >= 15 is 0 Å². The first-order chi connectivity index (χ1) is 9.63. The Kier molecular flexibility index (Phi) is 5.26. The summed E-state index contributed by atoms with van der Waals surface area (Å²) in [6, 6.07) is 5.44. The van der Waals surface area contributed by atoms with Crippen molar-refractivity contribution in [2.45, 2.75) is 38.3 Å². The highest BCUT2D eigenvalue weighted by molar-refractivity contribution is 6.31. The zero-order valence-electron chi connectivity index (χ0n) is 11.8. The maximum Gasteiger partial charge on any atom is 0.339 e. The van der Waals surface area contributed by atoms with E-state index in [0.29, 0.717) is 10.6 Å². The van der Waals surface area contributed by atoms with Gasteiger partial charge in [0, 0.05) is 17.7 Å². The van der Waals surface area contributed by atoms with Gasteiger partial charge in [0.1, 0.15) is 0 Å². The van der Waals surface area contributed by atoms with Gasteiger partial charge < -0.3 is 14.8 Å². The molecule has 20 heavy (non-hydrogen) atoms. The number of carbonyl (C=O) groups excluding carboxylic acids is 1. The van der Waals surface area contributed by atoms with Gasteiger partial charge in [0.15, 0.2) is 0 Å². The summed E-state index contributed by atoms with van der Waals surface area (Å²) < 4.78 is 10.5. The summed E-state index contributed by atoms with van der Waals surface area (Å²) >= 11 is 6.02. The van der Waals surface area contributed by atoms with Gasteiger partial charge in [-0.1, -0.05) is 18.5 Å². The number of ether oxygens (including phenoxy) is 2. The number of halogens is 1. The maximum atomic E-state index is 11.8. The Hall–Kier alpha value is -1.26. The van der Waals surface area contributed by atoms with Crippen LogP contribution in [-0.4, -0.2) is 31.8 Å². The lowest BCUT2D eigenvalue weighted by molar-refractivity contribution is 0.00925. The van der Waals surface area contributed by atoms with Crippen LogP contribution in [0.1, 0.15) is 36.5 Å². The number of methoxy groups -OCH3 is 1. The van der Waals surface area contributed by atoms with Gasteiger partial charge >= 0.3 is 5.97 Å². The van der Waals surface area contributed by atoms with Crippen molar-refractivity contribution >= 4 is 23.3 Å². The monoisotopic (exact) mass is 297 g/mol. The zero-order valence-corrected chi connectivity index (χ0v) is 12.6. The minimum Gasteiger partial charge on any atom is -0.465 e. The van der Waals surface area contributed by atoms with E-state index in [-0.39, 0.29) is 18.1 Å². The minimum atomic E-state index is -0.358. The van der Waals surface area contributed by atoms with Crippen molar-refractivity contribution in [3.8, 4) is 0 Å². The van der Waals surface area contributed by atoms with Crippen LogP contribution in [0.3, 0.4) is 0 Å². The highest BCUT2D eigenvalue weighted by Crippen LogP contribution is 2.26. The van der Waals surface area contributed by atoms with Gasteiger partial charge in [-0.15, -0.1) is 0 Å². The number of benzene rings is 1. The molecular formula is C15H20ClNO3. The molecule has 2 atom stereocenters. The largest absolute Gasteiger partial charge is 0.465 e. The average Bonchev–Trinajstić information content (AvgIpc) is 2.47. The Labute approximate surface area is 124 Å². The van der Waals surface area contributed by atoms with Crippen LogP contribution in [0.5, 0.6) is 0 Å². The Morgan fingerprint density at radius 2 is 2.35 bits per heavy atom.